The van der Waals surface area contributed by atoms with Gasteiger partial charge in [0.1, 0.15) is 5.65 Å². The van der Waals surface area contributed by atoms with Crippen LogP contribution in [0.1, 0.15) is 11.3 Å². The molecule has 4 rings (SSSR count). The van der Waals surface area contributed by atoms with Gasteiger partial charge in [0.15, 0.2) is 0 Å². The number of fused-ring (bicyclic) bond motifs is 2. The van der Waals surface area contributed by atoms with E-state index in [0.717, 1.165) is 28.6 Å². The summed E-state index contributed by atoms with van der Waals surface area (Å²) >= 11 is 0. The molecule has 26 heavy (non-hydrogen) atoms. The predicted molar refractivity (Wildman–Crippen MR) is 95.9 cm³/mol. The number of hydrogen-bond donors (Lipinski definition) is 1. The van der Waals surface area contributed by atoms with Gasteiger partial charge in [-0.25, -0.2) is 4.98 Å². The van der Waals surface area contributed by atoms with Gasteiger partial charge in [0.2, 0.25) is 0 Å². The number of hydrogen-bond acceptors (Lipinski definition) is 2. The van der Waals surface area contributed by atoms with Crippen molar-refractivity contribution in [2.75, 3.05) is 6.54 Å². The molecule has 2 aromatic heterocycles. The molecule has 0 aliphatic carbocycles. The Morgan fingerprint density at radius 1 is 0.962 bits per heavy atom. The first-order valence-corrected chi connectivity index (χ1v) is 8.25. The summed E-state index contributed by atoms with van der Waals surface area (Å²) in [7, 11) is 0. The second-order valence-electron chi connectivity index (χ2n) is 6.15. The number of nitrogens with zero attached hydrogens (tertiary/aromatic N) is 2. The number of imidazole rings is 1. The van der Waals surface area contributed by atoms with Crippen molar-refractivity contribution >= 4 is 16.4 Å². The van der Waals surface area contributed by atoms with Crippen molar-refractivity contribution in [2.24, 2.45) is 5.73 Å². The quantitative estimate of drug-likeness (QED) is 0.580. The summed E-state index contributed by atoms with van der Waals surface area (Å²) < 4.78 is 40.7. The molecular formula is C20H16F3N3. The fraction of sp³-hybridized carbons (Fsp3) is 0.150. The van der Waals surface area contributed by atoms with E-state index in [4.69, 9.17) is 5.73 Å². The average molecular weight is 355 g/mol. The lowest BCUT2D eigenvalue weighted by atomic mass is 10.0. The van der Waals surface area contributed by atoms with Crippen molar-refractivity contribution in [3.8, 4) is 11.3 Å². The fourth-order valence-electron chi connectivity index (χ4n) is 3.20. The molecule has 6 heteroatoms. The van der Waals surface area contributed by atoms with Crippen molar-refractivity contribution in [1.82, 2.24) is 9.38 Å². The number of benzene rings is 2. The zero-order valence-electron chi connectivity index (χ0n) is 13.8. The van der Waals surface area contributed by atoms with E-state index in [-0.39, 0.29) is 0 Å². The largest absolute Gasteiger partial charge is 0.417 e. The van der Waals surface area contributed by atoms with E-state index in [0.29, 0.717) is 30.0 Å². The molecule has 132 valence electrons. The van der Waals surface area contributed by atoms with E-state index in [2.05, 4.69) is 4.98 Å². The molecule has 2 aromatic carbocycles. The second-order valence-corrected chi connectivity index (χ2v) is 6.15. The molecule has 0 aliphatic rings. The van der Waals surface area contributed by atoms with Gasteiger partial charge < -0.3 is 10.1 Å². The van der Waals surface area contributed by atoms with Crippen LogP contribution in [-0.2, 0) is 12.6 Å². The molecule has 0 saturated carbocycles. The van der Waals surface area contributed by atoms with Gasteiger partial charge in [0.05, 0.1) is 17.0 Å². The third-order valence-corrected chi connectivity index (χ3v) is 4.45. The number of rotatable bonds is 3. The lowest BCUT2D eigenvalue weighted by Gasteiger charge is -2.09. The smallest absolute Gasteiger partial charge is 0.330 e. The van der Waals surface area contributed by atoms with E-state index in [1.54, 1.807) is 0 Å². The van der Waals surface area contributed by atoms with E-state index in [1.807, 2.05) is 42.5 Å². The highest BCUT2D eigenvalue weighted by atomic mass is 19.4. The van der Waals surface area contributed by atoms with Crippen LogP contribution in [0.15, 0.2) is 60.8 Å². The van der Waals surface area contributed by atoms with Crippen LogP contribution < -0.4 is 5.73 Å². The Balaban J connectivity index is 1.94. The topological polar surface area (TPSA) is 43.3 Å². The molecule has 0 aliphatic heterocycles. The lowest BCUT2D eigenvalue weighted by Crippen LogP contribution is -2.09. The molecule has 4 aromatic rings. The first-order chi connectivity index (χ1) is 12.5. The van der Waals surface area contributed by atoms with Crippen LogP contribution in [0.25, 0.3) is 27.7 Å². The Labute approximate surface area is 147 Å². The van der Waals surface area contributed by atoms with E-state index >= 15 is 0 Å². The van der Waals surface area contributed by atoms with Crippen LogP contribution in [0.5, 0.6) is 0 Å². The van der Waals surface area contributed by atoms with Crippen molar-refractivity contribution in [3.63, 3.8) is 0 Å². The third-order valence-electron chi connectivity index (χ3n) is 4.45. The van der Waals surface area contributed by atoms with Gasteiger partial charge in [0.25, 0.3) is 0 Å². The summed E-state index contributed by atoms with van der Waals surface area (Å²) in [6.45, 7) is 0.324. The lowest BCUT2D eigenvalue weighted by molar-refractivity contribution is -0.137. The molecule has 0 fully saturated rings. The Hall–Kier alpha value is -2.86. The minimum absolute atomic E-state index is 0.324. The number of halogens is 3. The second kappa shape index (κ2) is 6.14. The summed E-state index contributed by atoms with van der Waals surface area (Å²) in [6, 6.07) is 16.3. The Bertz CT molecular complexity index is 1100. The highest BCUT2D eigenvalue weighted by Gasteiger charge is 2.31. The van der Waals surface area contributed by atoms with Crippen molar-refractivity contribution < 1.29 is 13.2 Å². The minimum Gasteiger partial charge on any atom is -0.330 e. The number of alkyl halides is 3. The van der Waals surface area contributed by atoms with E-state index in [1.165, 1.54) is 10.5 Å². The van der Waals surface area contributed by atoms with Gasteiger partial charge in [-0.2, -0.15) is 13.2 Å². The molecule has 0 radical (unpaired) electrons. The summed E-state index contributed by atoms with van der Waals surface area (Å²) in [4.78, 5) is 4.57. The Morgan fingerprint density at radius 3 is 2.46 bits per heavy atom. The summed E-state index contributed by atoms with van der Waals surface area (Å²) in [6.07, 6.45) is -2.87. The number of nitrogens with two attached hydrogens (primary N) is 1. The molecule has 0 amide bonds. The number of pyridine rings is 1. The van der Waals surface area contributed by atoms with Crippen LogP contribution in [0.3, 0.4) is 0 Å². The van der Waals surface area contributed by atoms with Crippen LogP contribution in [-0.4, -0.2) is 15.9 Å². The number of aromatic nitrogens is 2. The van der Waals surface area contributed by atoms with Crippen molar-refractivity contribution in [1.29, 1.82) is 0 Å². The molecule has 0 atom stereocenters. The van der Waals surface area contributed by atoms with Crippen LogP contribution in [0, 0.1) is 0 Å². The molecule has 0 unspecified atom stereocenters. The third kappa shape index (κ3) is 2.82. The standard InChI is InChI=1S/C20H16F3N3/c21-20(22,23)16-7-8-18-25-19(17(9-10-24)26(18)12-16)15-6-5-13-3-1-2-4-14(13)11-15/h1-8,11-12H,9-10,24H2. The van der Waals surface area contributed by atoms with Crippen LogP contribution in [0.2, 0.25) is 0 Å². The SMILES string of the molecule is NCCc1c(-c2ccc3ccccc3c2)nc2ccc(C(F)(F)F)cn12. The maximum atomic E-state index is 13.1. The average Bonchev–Trinajstić information content (AvgIpc) is 2.99. The van der Waals surface area contributed by atoms with Gasteiger partial charge in [0, 0.05) is 18.2 Å². The molecule has 3 nitrogen and oxygen atoms in total. The first kappa shape index (κ1) is 16.6. The zero-order valence-corrected chi connectivity index (χ0v) is 13.8. The Kier molecular flexibility index (Phi) is 3.92. The van der Waals surface area contributed by atoms with E-state index in [9.17, 15) is 13.2 Å². The van der Waals surface area contributed by atoms with Gasteiger partial charge in [-0.1, -0.05) is 36.4 Å². The normalized spacial score (nSPS) is 12.2. The fourth-order valence-corrected chi connectivity index (χ4v) is 3.20. The van der Waals surface area contributed by atoms with Crippen LogP contribution in [0.4, 0.5) is 13.2 Å². The molecule has 0 saturated heterocycles. The molecule has 0 bridgehead atoms. The summed E-state index contributed by atoms with van der Waals surface area (Å²) in [5, 5.41) is 2.15. The van der Waals surface area contributed by atoms with Crippen molar-refractivity contribution in [3.05, 3.63) is 72.1 Å². The first-order valence-electron chi connectivity index (χ1n) is 8.25. The Morgan fingerprint density at radius 2 is 1.73 bits per heavy atom. The monoisotopic (exact) mass is 355 g/mol. The molecule has 2 N–H and O–H groups in total. The van der Waals surface area contributed by atoms with Crippen molar-refractivity contribution in [2.45, 2.75) is 12.6 Å². The highest BCUT2D eigenvalue weighted by Crippen LogP contribution is 2.32. The summed E-state index contributed by atoms with van der Waals surface area (Å²) in [5.41, 5.74) is 7.70. The maximum Gasteiger partial charge on any atom is 0.417 e. The molecule has 2 heterocycles. The van der Waals surface area contributed by atoms with Gasteiger partial charge >= 0.3 is 6.18 Å². The minimum atomic E-state index is -4.40. The maximum absolute atomic E-state index is 13.1. The molecule has 0 spiro atoms. The summed E-state index contributed by atoms with van der Waals surface area (Å²) in [5.74, 6) is 0. The predicted octanol–water partition coefficient (Wildman–Crippen LogP) is 4.67. The molecular weight excluding hydrogens is 339 g/mol. The van der Waals surface area contributed by atoms with Crippen LogP contribution >= 0.6 is 0 Å². The highest BCUT2D eigenvalue weighted by molar-refractivity contribution is 5.87. The van der Waals surface area contributed by atoms with Gasteiger partial charge in [-0.3, -0.25) is 0 Å². The zero-order chi connectivity index (χ0) is 18.3. The van der Waals surface area contributed by atoms with E-state index < -0.39 is 11.7 Å². The van der Waals surface area contributed by atoms with Gasteiger partial charge in [-0.15, -0.1) is 0 Å². The van der Waals surface area contributed by atoms with Gasteiger partial charge in [-0.05, 0) is 35.5 Å².